The van der Waals surface area contributed by atoms with Gasteiger partial charge >= 0.3 is 5.97 Å². The lowest BCUT2D eigenvalue weighted by Gasteiger charge is -2.13. The minimum atomic E-state index is -1.02. The molecule has 6 nitrogen and oxygen atoms in total. The fraction of sp³-hybridized carbons (Fsp3) is 0.308. The molecule has 0 aliphatic heterocycles. The molecule has 20 heavy (non-hydrogen) atoms. The number of hydrogen-bond acceptors (Lipinski definition) is 5. The van der Waals surface area contributed by atoms with Gasteiger partial charge in [-0.05, 0) is 26.0 Å². The third kappa shape index (κ3) is 4.27. The first kappa shape index (κ1) is 16.0. The highest BCUT2D eigenvalue weighted by molar-refractivity contribution is 8.00. The number of carbonyl (C=O) groups is 3. The monoisotopic (exact) mass is 296 g/mol. The number of carbonyl (C=O) groups excluding carboxylic acids is 3. The van der Waals surface area contributed by atoms with Gasteiger partial charge in [-0.3, -0.25) is 9.59 Å². The normalized spacial score (nSPS) is 13.3. The maximum absolute atomic E-state index is 12.0. The second-order valence-electron chi connectivity index (χ2n) is 4.11. The number of esters is 1. The lowest BCUT2D eigenvalue weighted by Crippen LogP contribution is -2.30. The molecule has 1 aromatic carbocycles. The zero-order valence-electron chi connectivity index (χ0n) is 11.2. The van der Waals surface area contributed by atoms with Crippen LogP contribution in [0.3, 0.4) is 0 Å². The van der Waals surface area contributed by atoms with E-state index in [0.717, 1.165) is 11.8 Å². The first-order chi connectivity index (χ1) is 9.32. The van der Waals surface area contributed by atoms with E-state index in [4.69, 9.17) is 16.2 Å². The summed E-state index contributed by atoms with van der Waals surface area (Å²) in [6, 6.07) is 6.61. The standard InChI is InChI=1S/C13H16N2O4S/c1-7(11(14)16)19-13(18)9-5-3-4-6-10(9)20-8(2)12(15)17/h3-8H,1-2H3,(H2,14,16)(H2,15,17)/t7-,8-/m1/s1. The number of thioether (sulfide) groups is 1. The zero-order valence-corrected chi connectivity index (χ0v) is 12.0. The van der Waals surface area contributed by atoms with Crippen molar-refractivity contribution in [1.29, 1.82) is 0 Å². The summed E-state index contributed by atoms with van der Waals surface area (Å²) in [7, 11) is 0. The van der Waals surface area contributed by atoms with E-state index in [1.165, 1.54) is 6.92 Å². The Morgan fingerprint density at radius 3 is 2.25 bits per heavy atom. The van der Waals surface area contributed by atoms with Gasteiger partial charge in [0.1, 0.15) is 0 Å². The van der Waals surface area contributed by atoms with Crippen LogP contribution in [0.15, 0.2) is 29.2 Å². The number of benzene rings is 1. The van der Waals surface area contributed by atoms with E-state index in [9.17, 15) is 14.4 Å². The predicted molar refractivity (Wildman–Crippen MR) is 75.0 cm³/mol. The van der Waals surface area contributed by atoms with Gasteiger partial charge < -0.3 is 16.2 Å². The van der Waals surface area contributed by atoms with Crippen LogP contribution >= 0.6 is 11.8 Å². The molecule has 0 aliphatic carbocycles. The maximum Gasteiger partial charge on any atom is 0.340 e. The molecular weight excluding hydrogens is 280 g/mol. The largest absolute Gasteiger partial charge is 0.449 e. The molecule has 0 spiro atoms. The molecule has 1 aromatic rings. The zero-order chi connectivity index (χ0) is 15.3. The van der Waals surface area contributed by atoms with Crippen LogP contribution in [0.4, 0.5) is 0 Å². The van der Waals surface area contributed by atoms with E-state index in [2.05, 4.69) is 0 Å². The average Bonchev–Trinajstić information content (AvgIpc) is 2.38. The molecule has 7 heteroatoms. The Bertz CT molecular complexity index is 533. The summed E-state index contributed by atoms with van der Waals surface area (Å²) in [6.45, 7) is 3.03. The van der Waals surface area contributed by atoms with E-state index < -0.39 is 29.1 Å². The third-order valence-electron chi connectivity index (χ3n) is 2.50. The van der Waals surface area contributed by atoms with Crippen molar-refractivity contribution >= 4 is 29.5 Å². The summed E-state index contributed by atoms with van der Waals surface area (Å²) in [6.07, 6.45) is -1.02. The molecule has 0 saturated heterocycles. The number of amides is 2. The van der Waals surface area contributed by atoms with Gasteiger partial charge in [-0.1, -0.05) is 12.1 Å². The first-order valence-electron chi connectivity index (χ1n) is 5.88. The lowest BCUT2D eigenvalue weighted by atomic mass is 10.2. The molecule has 108 valence electrons. The fourth-order valence-electron chi connectivity index (χ4n) is 1.27. The molecule has 0 heterocycles. The lowest BCUT2D eigenvalue weighted by molar-refractivity contribution is -0.125. The molecule has 4 N–H and O–H groups in total. The van der Waals surface area contributed by atoms with Crippen LogP contribution in [0.2, 0.25) is 0 Å². The summed E-state index contributed by atoms with van der Waals surface area (Å²) in [5.41, 5.74) is 10.5. The van der Waals surface area contributed by atoms with Crippen molar-refractivity contribution in [2.24, 2.45) is 11.5 Å². The Labute approximate surface area is 120 Å². The highest BCUT2D eigenvalue weighted by Crippen LogP contribution is 2.27. The molecule has 0 saturated carbocycles. The van der Waals surface area contributed by atoms with Crippen LogP contribution in [0.25, 0.3) is 0 Å². The topological polar surface area (TPSA) is 112 Å². The Balaban J connectivity index is 2.92. The van der Waals surface area contributed by atoms with Gasteiger partial charge in [0.2, 0.25) is 5.91 Å². The highest BCUT2D eigenvalue weighted by Gasteiger charge is 2.20. The van der Waals surface area contributed by atoms with Gasteiger partial charge in [0.05, 0.1) is 10.8 Å². The summed E-state index contributed by atoms with van der Waals surface area (Å²) < 4.78 is 4.94. The molecule has 0 aromatic heterocycles. The summed E-state index contributed by atoms with van der Waals surface area (Å²) >= 11 is 1.15. The Morgan fingerprint density at radius 2 is 1.70 bits per heavy atom. The number of nitrogens with two attached hydrogens (primary N) is 2. The van der Waals surface area contributed by atoms with Gasteiger partial charge in [0, 0.05) is 4.90 Å². The number of primary amides is 2. The van der Waals surface area contributed by atoms with E-state index in [-0.39, 0.29) is 5.56 Å². The molecular formula is C13H16N2O4S. The second-order valence-corrected chi connectivity index (χ2v) is 5.49. The molecule has 0 fully saturated rings. The van der Waals surface area contributed by atoms with E-state index in [1.807, 2.05) is 0 Å². The van der Waals surface area contributed by atoms with Gasteiger partial charge in [-0.25, -0.2) is 4.79 Å². The van der Waals surface area contributed by atoms with E-state index in [1.54, 1.807) is 31.2 Å². The van der Waals surface area contributed by atoms with Crippen molar-refractivity contribution in [3.63, 3.8) is 0 Å². The van der Waals surface area contributed by atoms with Gasteiger partial charge in [0.25, 0.3) is 5.91 Å². The smallest absolute Gasteiger partial charge is 0.340 e. The fourth-order valence-corrected chi connectivity index (χ4v) is 2.20. The Kier molecular flexibility index (Phi) is 5.57. The minimum absolute atomic E-state index is 0.263. The van der Waals surface area contributed by atoms with Crippen molar-refractivity contribution in [2.75, 3.05) is 0 Å². The Hall–Kier alpha value is -2.02. The van der Waals surface area contributed by atoms with Crippen LogP contribution in [-0.4, -0.2) is 29.1 Å². The molecule has 0 radical (unpaired) electrons. The molecule has 0 bridgehead atoms. The highest BCUT2D eigenvalue weighted by atomic mass is 32.2. The van der Waals surface area contributed by atoms with Crippen LogP contribution in [0.5, 0.6) is 0 Å². The summed E-state index contributed by atoms with van der Waals surface area (Å²) in [5.74, 6) is -1.88. The van der Waals surface area contributed by atoms with Crippen LogP contribution < -0.4 is 11.5 Å². The van der Waals surface area contributed by atoms with Crippen LogP contribution in [-0.2, 0) is 14.3 Å². The average molecular weight is 296 g/mol. The molecule has 2 atom stereocenters. The molecule has 0 aliphatic rings. The van der Waals surface area contributed by atoms with Crippen LogP contribution in [0, 0.1) is 0 Å². The van der Waals surface area contributed by atoms with Crippen molar-refractivity contribution in [1.82, 2.24) is 0 Å². The predicted octanol–water partition coefficient (Wildman–Crippen LogP) is 0.683. The number of ether oxygens (including phenoxy) is 1. The number of rotatable bonds is 6. The van der Waals surface area contributed by atoms with Gasteiger partial charge in [0.15, 0.2) is 6.10 Å². The minimum Gasteiger partial charge on any atom is -0.449 e. The second kappa shape index (κ2) is 6.95. The third-order valence-corrected chi connectivity index (χ3v) is 3.69. The van der Waals surface area contributed by atoms with Crippen LogP contribution in [0.1, 0.15) is 24.2 Å². The van der Waals surface area contributed by atoms with E-state index in [0.29, 0.717) is 4.90 Å². The summed E-state index contributed by atoms with van der Waals surface area (Å²) in [4.78, 5) is 34.5. The first-order valence-corrected chi connectivity index (χ1v) is 6.76. The summed E-state index contributed by atoms with van der Waals surface area (Å²) in [5, 5.41) is -0.488. The molecule has 2 amide bonds. The molecule has 0 unspecified atom stereocenters. The van der Waals surface area contributed by atoms with Gasteiger partial charge in [-0.2, -0.15) is 0 Å². The van der Waals surface area contributed by atoms with E-state index >= 15 is 0 Å². The molecule has 1 rings (SSSR count). The van der Waals surface area contributed by atoms with Crippen molar-refractivity contribution in [3.05, 3.63) is 29.8 Å². The van der Waals surface area contributed by atoms with Crippen molar-refractivity contribution in [2.45, 2.75) is 30.1 Å². The van der Waals surface area contributed by atoms with Gasteiger partial charge in [-0.15, -0.1) is 11.8 Å². The van der Waals surface area contributed by atoms with Crippen molar-refractivity contribution in [3.8, 4) is 0 Å². The number of hydrogen-bond donors (Lipinski definition) is 2. The maximum atomic E-state index is 12.0. The quantitative estimate of drug-likeness (QED) is 0.592. The SMILES string of the molecule is C[C@@H](OC(=O)c1ccccc1S[C@H](C)C(N)=O)C(N)=O. The van der Waals surface area contributed by atoms with Crippen molar-refractivity contribution < 1.29 is 19.1 Å². The Morgan fingerprint density at radius 1 is 1.10 bits per heavy atom.